The monoisotopic (exact) mass is 527 g/mol. The number of halogens is 3. The van der Waals surface area contributed by atoms with Crippen molar-refractivity contribution in [2.75, 3.05) is 6.54 Å². The zero-order chi connectivity index (χ0) is 22.1. The van der Waals surface area contributed by atoms with E-state index < -0.39 is 30.2 Å². The molecule has 1 unspecified atom stereocenters. The summed E-state index contributed by atoms with van der Waals surface area (Å²) in [6.07, 6.45) is -0.314. The van der Waals surface area contributed by atoms with Crippen molar-refractivity contribution in [1.82, 2.24) is 5.01 Å². The van der Waals surface area contributed by atoms with Crippen molar-refractivity contribution in [3.05, 3.63) is 65.2 Å². The first-order chi connectivity index (χ1) is 14.1. The third-order valence-electron chi connectivity index (χ3n) is 5.22. The van der Waals surface area contributed by atoms with Gasteiger partial charge in [-0.25, -0.2) is 0 Å². The smallest absolute Gasteiger partial charge is 0.316 e. The maximum Gasteiger partial charge on any atom is 0.316 e. The molecule has 2 atom stereocenters. The van der Waals surface area contributed by atoms with Gasteiger partial charge in [-0.05, 0) is 83.0 Å². The Kier molecular flexibility index (Phi) is 6.62. The summed E-state index contributed by atoms with van der Waals surface area (Å²) in [4.78, 5) is 0. The Morgan fingerprint density at radius 3 is 2.40 bits per heavy atom. The van der Waals surface area contributed by atoms with Crippen molar-refractivity contribution < 1.29 is 13.5 Å². The van der Waals surface area contributed by atoms with Gasteiger partial charge in [0.05, 0.1) is 11.6 Å². The number of nitrogens with zero attached hydrogens (tertiary/aromatic N) is 2. The fraction of sp³-hybridized carbons (Fsp3) is 0.391. The Morgan fingerprint density at radius 1 is 1.17 bits per heavy atom. The first-order valence-corrected chi connectivity index (χ1v) is 12.5. The molecule has 162 valence electrons. The summed E-state index contributed by atoms with van der Waals surface area (Å²) in [5.74, 6) is 0.535. The second-order valence-corrected chi connectivity index (χ2v) is 10.1. The van der Waals surface area contributed by atoms with Crippen molar-refractivity contribution in [2.45, 2.75) is 43.4 Å². The van der Waals surface area contributed by atoms with E-state index in [1.54, 1.807) is 12.1 Å². The van der Waals surface area contributed by atoms with Crippen LogP contribution in [0.3, 0.4) is 0 Å². The Hall–Kier alpha value is -1.87. The number of benzene rings is 2. The average molecular weight is 527 g/mol. The highest BCUT2D eigenvalue weighted by atomic mass is 127. The molecule has 30 heavy (non-hydrogen) atoms. The summed E-state index contributed by atoms with van der Waals surface area (Å²) in [5.41, 5.74) is 8.78. The number of hydrogen-bond acceptors (Lipinski definition) is 4. The summed E-state index contributed by atoms with van der Waals surface area (Å²) in [5, 5.41) is 6.68. The molecule has 0 aliphatic carbocycles. The molecule has 0 amide bonds. The number of rotatable bonds is 7. The Morgan fingerprint density at radius 2 is 1.83 bits per heavy atom. The number of ether oxygens (including phenoxy) is 1. The lowest BCUT2D eigenvalue weighted by Gasteiger charge is -2.26. The summed E-state index contributed by atoms with van der Waals surface area (Å²) in [7, 11) is 0. The first kappa shape index (κ1) is 22.8. The van der Waals surface area contributed by atoms with Crippen LogP contribution >= 0.6 is 20.7 Å². The van der Waals surface area contributed by atoms with Crippen LogP contribution in [0.15, 0.2) is 53.6 Å². The maximum absolute atomic E-state index is 13.9. The van der Waals surface area contributed by atoms with E-state index >= 15 is 0 Å². The molecule has 0 spiro atoms. The van der Waals surface area contributed by atoms with E-state index in [1.807, 2.05) is 44.0 Å². The van der Waals surface area contributed by atoms with Crippen LogP contribution in [0.25, 0.3) is 0 Å². The Balaban J connectivity index is 1.83. The van der Waals surface area contributed by atoms with Gasteiger partial charge in [0.1, 0.15) is 5.75 Å². The van der Waals surface area contributed by atoms with E-state index in [2.05, 4.69) is 17.5 Å². The van der Waals surface area contributed by atoms with Gasteiger partial charge in [0.2, 0.25) is 0 Å². The lowest BCUT2D eigenvalue weighted by molar-refractivity contribution is 0.0271. The summed E-state index contributed by atoms with van der Waals surface area (Å²) >= 11 is -1.46. The average Bonchev–Trinajstić information content (AvgIpc) is 3.03. The molecule has 2 aromatic rings. The second kappa shape index (κ2) is 8.70. The standard InChI is InChI=1S/C23H28F2IN3O/c1-6-29-21(30-19-12-10-17(11-13-19)23(24,25)26-5)15(2)20(28-29)16-8-7-9-18(14-16)22(3,4)27/h7-15,21H,5-6,27H2,1-4H3/t15-,21?/m0/s1. The van der Waals surface area contributed by atoms with Gasteiger partial charge in [-0.15, -0.1) is 0 Å². The molecule has 7 heteroatoms. The molecule has 0 saturated heterocycles. The minimum absolute atomic E-state index is 0.00656. The van der Waals surface area contributed by atoms with Crippen LogP contribution in [0.5, 0.6) is 5.75 Å². The predicted molar refractivity (Wildman–Crippen MR) is 128 cm³/mol. The highest BCUT2D eigenvalue weighted by molar-refractivity contribution is 14.2. The van der Waals surface area contributed by atoms with E-state index in [1.165, 1.54) is 12.1 Å². The van der Waals surface area contributed by atoms with Crippen molar-refractivity contribution in [3.8, 4) is 5.75 Å². The van der Waals surface area contributed by atoms with Gasteiger partial charge in [0.25, 0.3) is 0 Å². The molecule has 1 aliphatic rings. The van der Waals surface area contributed by atoms with Crippen LogP contribution < -0.4 is 10.5 Å². The second-order valence-electron chi connectivity index (χ2n) is 8.00. The molecule has 3 rings (SSSR count). The number of hydrazone groups is 1. The molecule has 1 aliphatic heterocycles. The highest BCUT2D eigenvalue weighted by Crippen LogP contribution is 2.39. The van der Waals surface area contributed by atoms with Gasteiger partial charge < -0.3 is 10.5 Å². The van der Waals surface area contributed by atoms with Crippen molar-refractivity contribution in [3.63, 3.8) is 0 Å². The third-order valence-corrected chi connectivity index (χ3v) is 6.80. The van der Waals surface area contributed by atoms with Crippen LogP contribution in [0.4, 0.5) is 8.78 Å². The lowest BCUT2D eigenvalue weighted by atomic mass is 9.90. The molecule has 0 radical (unpaired) electrons. The zero-order valence-corrected chi connectivity index (χ0v) is 19.9. The third kappa shape index (κ3) is 4.72. The molecule has 0 aromatic heterocycles. The van der Waals surface area contributed by atoms with E-state index in [-0.39, 0.29) is 17.7 Å². The summed E-state index contributed by atoms with van der Waals surface area (Å²) in [6, 6.07) is 14.1. The van der Waals surface area contributed by atoms with Crippen LogP contribution in [-0.2, 0) is 9.47 Å². The van der Waals surface area contributed by atoms with E-state index in [0.29, 0.717) is 12.3 Å². The van der Waals surface area contributed by atoms with Crippen molar-refractivity contribution in [2.24, 2.45) is 16.8 Å². The summed E-state index contributed by atoms with van der Waals surface area (Å²) < 4.78 is 34.5. The van der Waals surface area contributed by atoms with Crippen LogP contribution in [-0.4, -0.2) is 28.0 Å². The predicted octanol–water partition coefficient (Wildman–Crippen LogP) is 5.41. The van der Waals surface area contributed by atoms with Gasteiger partial charge in [-0.3, -0.25) is 5.01 Å². The SMILES string of the molecule is C=IC(F)(F)c1ccc(OC2[C@@H](C)C(c3cccc(C(C)(C)N)c3)=NN2CC)cc1. The van der Waals surface area contributed by atoms with Crippen LogP contribution in [0.2, 0.25) is 0 Å². The minimum atomic E-state index is -2.83. The first-order valence-electron chi connectivity index (χ1n) is 9.86. The van der Waals surface area contributed by atoms with Crippen molar-refractivity contribution in [1.29, 1.82) is 0 Å². The lowest BCUT2D eigenvalue weighted by Crippen LogP contribution is -2.37. The largest absolute Gasteiger partial charge is 0.468 e. The highest BCUT2D eigenvalue weighted by Gasteiger charge is 2.36. The molecule has 1 heterocycles. The number of alkyl halides is 3. The van der Waals surface area contributed by atoms with Crippen LogP contribution in [0.1, 0.15) is 44.4 Å². The van der Waals surface area contributed by atoms with Gasteiger partial charge in [0.15, 0.2) is 6.23 Å². The van der Waals surface area contributed by atoms with Gasteiger partial charge in [-0.1, -0.05) is 29.6 Å². The van der Waals surface area contributed by atoms with Gasteiger partial charge in [0, 0.05) is 17.6 Å². The summed E-state index contributed by atoms with van der Waals surface area (Å²) in [6.45, 7) is 8.69. The molecular weight excluding hydrogens is 499 g/mol. The molecule has 2 aromatic carbocycles. The van der Waals surface area contributed by atoms with E-state index in [4.69, 9.17) is 15.6 Å². The van der Waals surface area contributed by atoms with E-state index in [9.17, 15) is 8.78 Å². The maximum atomic E-state index is 13.9. The quantitative estimate of drug-likeness (QED) is 0.387. The molecule has 0 bridgehead atoms. The number of hydrogen-bond donors (Lipinski definition) is 1. The zero-order valence-electron chi connectivity index (χ0n) is 17.7. The minimum Gasteiger partial charge on any atom is -0.468 e. The van der Waals surface area contributed by atoms with Gasteiger partial charge >= 0.3 is 3.93 Å². The Labute approximate surface area is 186 Å². The molecule has 4 nitrogen and oxygen atoms in total. The Bertz CT molecular complexity index is 938. The molecule has 2 N–H and O–H groups in total. The number of nitrogens with two attached hydrogens (primary N) is 1. The molecule has 0 fully saturated rings. The molecular formula is C23H28F2IN3O. The fourth-order valence-electron chi connectivity index (χ4n) is 3.43. The van der Waals surface area contributed by atoms with E-state index in [0.717, 1.165) is 16.8 Å². The van der Waals surface area contributed by atoms with Gasteiger partial charge in [-0.2, -0.15) is 13.9 Å². The fourth-order valence-corrected chi connectivity index (χ4v) is 4.23. The van der Waals surface area contributed by atoms with Crippen molar-refractivity contribution >= 4 is 31.0 Å². The molecule has 0 saturated carbocycles. The topological polar surface area (TPSA) is 50.9 Å². The van der Waals surface area contributed by atoms with Crippen LogP contribution in [0, 0.1) is 5.92 Å². The normalized spacial score (nSPS) is 19.7.